The maximum Gasteiger partial charge on any atom is 0.262 e. The molecule has 0 N–H and O–H groups in total. The molecule has 0 unspecified atom stereocenters. The van der Waals surface area contributed by atoms with E-state index in [1.165, 1.54) is 6.07 Å². The van der Waals surface area contributed by atoms with Gasteiger partial charge in [0.25, 0.3) is 5.56 Å². The van der Waals surface area contributed by atoms with Gasteiger partial charge in [-0.15, -0.1) is 0 Å². The summed E-state index contributed by atoms with van der Waals surface area (Å²) in [4.78, 5) is 31.7. The number of anilines is 1. The van der Waals surface area contributed by atoms with Crippen LogP contribution in [0.25, 0.3) is 17.0 Å². The van der Waals surface area contributed by atoms with E-state index < -0.39 is 0 Å². The number of nitrogens with zero attached hydrogens (tertiary/aromatic N) is 4. The standard InChI is InChI=1S/C28H30N4O3/c1-2-3-7-16-31-24(22-12-14-23(15-13-22)30-17-8-11-26(30)33)19-32-27(34)18-25(29-28(31)32)35-20-21-9-5-4-6-10-21/h4-6,9-10,12-15,18-19H,2-3,7-8,11,16-17,20H2,1H3. The SMILES string of the molecule is CCCCCn1c(-c2ccc(N3CCCC3=O)cc2)cn2c(=O)cc(OCc3ccccc3)nc12. The monoisotopic (exact) mass is 470 g/mol. The van der Waals surface area contributed by atoms with Gasteiger partial charge in [-0.3, -0.25) is 14.0 Å². The van der Waals surface area contributed by atoms with Crippen LogP contribution in [-0.2, 0) is 17.9 Å². The molecule has 4 aromatic rings. The first kappa shape index (κ1) is 22.9. The number of benzene rings is 2. The third-order valence-electron chi connectivity index (χ3n) is 6.46. The van der Waals surface area contributed by atoms with E-state index in [4.69, 9.17) is 9.72 Å². The van der Waals surface area contributed by atoms with Crippen LogP contribution in [0.4, 0.5) is 5.69 Å². The van der Waals surface area contributed by atoms with Gasteiger partial charge in [0.15, 0.2) is 0 Å². The molecule has 3 heterocycles. The second kappa shape index (κ2) is 10.2. The van der Waals surface area contributed by atoms with Crippen LogP contribution in [0.15, 0.2) is 71.7 Å². The van der Waals surface area contributed by atoms with E-state index in [9.17, 15) is 9.59 Å². The van der Waals surface area contributed by atoms with Gasteiger partial charge < -0.3 is 14.2 Å². The number of imidazole rings is 1. The van der Waals surface area contributed by atoms with Gasteiger partial charge in [-0.25, -0.2) is 0 Å². The summed E-state index contributed by atoms with van der Waals surface area (Å²) >= 11 is 0. The number of aromatic nitrogens is 3. The van der Waals surface area contributed by atoms with E-state index in [1.54, 1.807) is 4.40 Å². The van der Waals surface area contributed by atoms with Crippen LogP contribution in [0, 0.1) is 0 Å². The van der Waals surface area contributed by atoms with Gasteiger partial charge >= 0.3 is 0 Å². The van der Waals surface area contributed by atoms with Crippen LogP contribution < -0.4 is 15.2 Å². The molecule has 7 heteroatoms. The molecule has 1 saturated heterocycles. The van der Waals surface area contributed by atoms with Crippen molar-refractivity contribution in [2.24, 2.45) is 0 Å². The van der Waals surface area contributed by atoms with Gasteiger partial charge in [-0.2, -0.15) is 4.98 Å². The molecule has 1 aliphatic rings. The lowest BCUT2D eigenvalue weighted by atomic mass is 10.1. The van der Waals surface area contributed by atoms with Crippen molar-refractivity contribution in [3.63, 3.8) is 0 Å². The fourth-order valence-corrected chi connectivity index (χ4v) is 4.58. The lowest BCUT2D eigenvalue weighted by Gasteiger charge is -2.16. The summed E-state index contributed by atoms with van der Waals surface area (Å²) < 4.78 is 9.58. The van der Waals surface area contributed by atoms with E-state index in [-0.39, 0.29) is 11.5 Å². The van der Waals surface area contributed by atoms with Gasteiger partial charge in [0.2, 0.25) is 17.6 Å². The predicted molar refractivity (Wildman–Crippen MR) is 137 cm³/mol. The van der Waals surface area contributed by atoms with Crippen LogP contribution in [0.3, 0.4) is 0 Å². The van der Waals surface area contributed by atoms with E-state index >= 15 is 0 Å². The first-order valence-electron chi connectivity index (χ1n) is 12.3. The van der Waals surface area contributed by atoms with Crippen molar-refractivity contribution in [3.05, 3.63) is 82.8 Å². The van der Waals surface area contributed by atoms with Crippen molar-refractivity contribution in [2.75, 3.05) is 11.4 Å². The molecule has 0 atom stereocenters. The van der Waals surface area contributed by atoms with Crippen LogP contribution in [0.2, 0.25) is 0 Å². The average molecular weight is 471 g/mol. The smallest absolute Gasteiger partial charge is 0.262 e. The van der Waals surface area contributed by atoms with Gasteiger partial charge in [0, 0.05) is 31.4 Å². The Hall–Kier alpha value is -3.87. The Kier molecular flexibility index (Phi) is 6.66. The number of amides is 1. The Balaban J connectivity index is 1.50. The van der Waals surface area contributed by atoms with E-state index in [0.717, 1.165) is 61.3 Å². The van der Waals surface area contributed by atoms with Gasteiger partial charge in [-0.1, -0.05) is 62.2 Å². The van der Waals surface area contributed by atoms with Crippen molar-refractivity contribution in [2.45, 2.75) is 52.2 Å². The summed E-state index contributed by atoms with van der Waals surface area (Å²) in [5, 5.41) is 0. The lowest BCUT2D eigenvalue weighted by Crippen LogP contribution is -2.23. The third kappa shape index (κ3) is 4.85. The Morgan fingerprint density at radius 2 is 1.80 bits per heavy atom. The fourth-order valence-electron chi connectivity index (χ4n) is 4.58. The van der Waals surface area contributed by atoms with E-state index in [2.05, 4.69) is 11.5 Å². The summed E-state index contributed by atoms with van der Waals surface area (Å²) in [7, 11) is 0. The summed E-state index contributed by atoms with van der Waals surface area (Å²) in [5.74, 6) is 1.07. The molecule has 5 rings (SSSR count). The molecular weight excluding hydrogens is 440 g/mol. The second-order valence-electron chi connectivity index (χ2n) is 8.95. The topological polar surface area (TPSA) is 68.8 Å². The Bertz CT molecular complexity index is 1370. The molecule has 0 saturated carbocycles. The van der Waals surface area contributed by atoms with Crippen molar-refractivity contribution < 1.29 is 9.53 Å². The number of ether oxygens (including phenoxy) is 1. The molecule has 2 aromatic carbocycles. The number of hydrogen-bond acceptors (Lipinski definition) is 4. The molecule has 0 bridgehead atoms. The number of rotatable bonds is 9. The summed E-state index contributed by atoms with van der Waals surface area (Å²) in [6.45, 7) is 4.04. The normalized spacial score (nSPS) is 13.6. The van der Waals surface area contributed by atoms with Gasteiger partial charge in [0.05, 0.1) is 11.8 Å². The Morgan fingerprint density at radius 1 is 1.00 bits per heavy atom. The zero-order valence-corrected chi connectivity index (χ0v) is 20.0. The highest BCUT2D eigenvalue weighted by Crippen LogP contribution is 2.28. The zero-order valence-electron chi connectivity index (χ0n) is 20.0. The number of hydrogen-bond donors (Lipinski definition) is 0. The first-order chi connectivity index (χ1) is 17.1. The minimum atomic E-state index is -0.173. The highest BCUT2D eigenvalue weighted by molar-refractivity contribution is 5.95. The minimum absolute atomic E-state index is 0.171. The molecule has 180 valence electrons. The molecule has 7 nitrogen and oxygen atoms in total. The molecule has 1 aliphatic heterocycles. The zero-order chi connectivity index (χ0) is 24.2. The molecule has 1 amide bonds. The van der Waals surface area contributed by atoms with Crippen LogP contribution in [-0.4, -0.2) is 26.4 Å². The number of carbonyl (C=O) groups is 1. The number of fused-ring (bicyclic) bond motifs is 1. The first-order valence-corrected chi connectivity index (χ1v) is 12.3. The molecule has 0 radical (unpaired) electrons. The van der Waals surface area contributed by atoms with Crippen molar-refractivity contribution >= 4 is 17.4 Å². The van der Waals surface area contributed by atoms with Crippen LogP contribution in [0.1, 0.15) is 44.6 Å². The Labute approximate surface area is 204 Å². The number of aryl methyl sites for hydroxylation is 1. The van der Waals surface area contributed by atoms with E-state index in [1.807, 2.05) is 65.7 Å². The molecule has 2 aromatic heterocycles. The maximum absolute atomic E-state index is 13.0. The molecular formula is C28H30N4O3. The average Bonchev–Trinajstić information content (AvgIpc) is 3.48. The number of unbranched alkanes of at least 4 members (excludes halogenated alkanes) is 2. The number of carbonyl (C=O) groups excluding carboxylic acids is 1. The van der Waals surface area contributed by atoms with Crippen LogP contribution >= 0.6 is 0 Å². The molecule has 1 fully saturated rings. The van der Waals surface area contributed by atoms with Crippen molar-refractivity contribution in [1.29, 1.82) is 0 Å². The maximum atomic E-state index is 13.0. The summed E-state index contributed by atoms with van der Waals surface area (Å²) in [5.41, 5.74) is 3.66. The third-order valence-corrected chi connectivity index (χ3v) is 6.46. The van der Waals surface area contributed by atoms with E-state index in [0.29, 0.717) is 24.7 Å². The molecule has 35 heavy (non-hydrogen) atoms. The lowest BCUT2D eigenvalue weighted by molar-refractivity contribution is -0.117. The molecule has 0 aliphatic carbocycles. The minimum Gasteiger partial charge on any atom is -0.473 e. The summed E-state index contributed by atoms with van der Waals surface area (Å²) in [6, 6.07) is 19.3. The largest absolute Gasteiger partial charge is 0.473 e. The van der Waals surface area contributed by atoms with Crippen LogP contribution in [0.5, 0.6) is 5.88 Å². The highest BCUT2D eigenvalue weighted by Gasteiger charge is 2.22. The quantitative estimate of drug-likeness (QED) is 0.321. The van der Waals surface area contributed by atoms with Gasteiger partial charge in [-0.05, 0) is 36.1 Å². The fraction of sp³-hybridized carbons (Fsp3) is 0.321. The second-order valence-corrected chi connectivity index (χ2v) is 8.95. The van der Waals surface area contributed by atoms with Crippen molar-refractivity contribution in [1.82, 2.24) is 14.0 Å². The molecule has 0 spiro atoms. The Morgan fingerprint density at radius 3 is 2.51 bits per heavy atom. The van der Waals surface area contributed by atoms with Crippen molar-refractivity contribution in [3.8, 4) is 17.1 Å². The van der Waals surface area contributed by atoms with Gasteiger partial charge in [0.1, 0.15) is 6.61 Å². The highest BCUT2D eigenvalue weighted by atomic mass is 16.5. The summed E-state index contributed by atoms with van der Waals surface area (Å²) in [6.07, 6.45) is 6.54. The predicted octanol–water partition coefficient (Wildman–Crippen LogP) is 5.06.